The van der Waals surface area contributed by atoms with E-state index in [-0.39, 0.29) is 23.5 Å². The molecule has 1 aromatic carbocycles. The second kappa shape index (κ2) is 5.96. The Labute approximate surface area is 103 Å². The highest BCUT2D eigenvalue weighted by atomic mass is 19.3. The summed E-state index contributed by atoms with van der Waals surface area (Å²) in [5.41, 5.74) is 0.392. The summed E-state index contributed by atoms with van der Waals surface area (Å²) >= 11 is 0. The van der Waals surface area contributed by atoms with Gasteiger partial charge in [-0.25, -0.2) is 4.79 Å². The molecule has 6 heteroatoms. The fraction of sp³-hybridized carbons (Fsp3) is 0.333. The van der Waals surface area contributed by atoms with Crippen LogP contribution < -0.4 is 4.74 Å². The van der Waals surface area contributed by atoms with Crippen LogP contribution >= 0.6 is 0 Å². The van der Waals surface area contributed by atoms with Gasteiger partial charge in [0.15, 0.2) is 0 Å². The molecule has 0 saturated heterocycles. The number of hydrogen-bond donors (Lipinski definition) is 0. The van der Waals surface area contributed by atoms with Crippen molar-refractivity contribution < 1.29 is 23.0 Å². The van der Waals surface area contributed by atoms with Crippen LogP contribution in [0.2, 0.25) is 0 Å². The van der Waals surface area contributed by atoms with Crippen LogP contribution in [0.25, 0.3) is 0 Å². The van der Waals surface area contributed by atoms with Crippen molar-refractivity contribution in [3.8, 4) is 11.8 Å². The van der Waals surface area contributed by atoms with Crippen molar-refractivity contribution in [3.63, 3.8) is 0 Å². The van der Waals surface area contributed by atoms with Crippen LogP contribution in [0.3, 0.4) is 0 Å². The number of esters is 1. The highest BCUT2D eigenvalue weighted by Gasteiger charge is 2.18. The molecule has 0 aliphatic rings. The molecule has 0 aromatic heterocycles. The minimum atomic E-state index is -2.99. The maximum atomic E-state index is 12.1. The Morgan fingerprint density at radius 3 is 2.67 bits per heavy atom. The van der Waals surface area contributed by atoms with E-state index in [9.17, 15) is 13.6 Å². The molecular formula is C12H11F2NO3. The van der Waals surface area contributed by atoms with Gasteiger partial charge in [-0.05, 0) is 31.5 Å². The van der Waals surface area contributed by atoms with E-state index in [2.05, 4.69) is 4.74 Å². The summed E-state index contributed by atoms with van der Waals surface area (Å²) < 4.78 is 33.2. The lowest BCUT2D eigenvalue weighted by atomic mass is 10.0. The van der Waals surface area contributed by atoms with Crippen LogP contribution in [0.15, 0.2) is 12.1 Å². The number of benzene rings is 1. The Balaban J connectivity index is 3.24. The Bertz CT molecular complexity index is 495. The largest absolute Gasteiger partial charge is 0.462 e. The number of nitriles is 1. The number of hydrogen-bond acceptors (Lipinski definition) is 4. The van der Waals surface area contributed by atoms with Gasteiger partial charge in [0.05, 0.1) is 17.7 Å². The standard InChI is InChI=1S/C12H11F2NO3/c1-3-17-11(16)9-5-8(18-12(13)14)4-7(2)10(9)6-15/h4-5,12H,3H2,1-2H3. The third-order valence-corrected chi connectivity index (χ3v) is 2.14. The van der Waals surface area contributed by atoms with Crippen molar-refractivity contribution in [2.24, 2.45) is 0 Å². The van der Waals surface area contributed by atoms with Crippen LogP contribution in [0.5, 0.6) is 5.75 Å². The van der Waals surface area contributed by atoms with Gasteiger partial charge >= 0.3 is 12.6 Å². The molecule has 0 spiro atoms. The SMILES string of the molecule is CCOC(=O)c1cc(OC(F)F)cc(C)c1C#N. The van der Waals surface area contributed by atoms with Crippen LogP contribution in [-0.2, 0) is 4.74 Å². The number of alkyl halides is 2. The summed E-state index contributed by atoms with van der Waals surface area (Å²) in [5, 5.41) is 8.94. The van der Waals surface area contributed by atoms with Crippen molar-refractivity contribution in [2.45, 2.75) is 20.5 Å². The first-order chi connectivity index (χ1) is 8.49. The van der Waals surface area contributed by atoms with Crippen LogP contribution in [0.1, 0.15) is 28.4 Å². The van der Waals surface area contributed by atoms with E-state index in [1.165, 1.54) is 13.0 Å². The number of aryl methyl sites for hydroxylation is 1. The van der Waals surface area contributed by atoms with Gasteiger partial charge in [-0.3, -0.25) is 0 Å². The molecule has 0 amide bonds. The molecule has 0 fully saturated rings. The highest BCUT2D eigenvalue weighted by molar-refractivity contribution is 5.93. The highest BCUT2D eigenvalue weighted by Crippen LogP contribution is 2.24. The molecular weight excluding hydrogens is 244 g/mol. The molecule has 0 aliphatic carbocycles. The van der Waals surface area contributed by atoms with Gasteiger partial charge in [0.2, 0.25) is 0 Å². The van der Waals surface area contributed by atoms with Crippen molar-refractivity contribution in [1.29, 1.82) is 5.26 Å². The van der Waals surface area contributed by atoms with E-state index in [1.807, 2.05) is 6.07 Å². The molecule has 1 rings (SSSR count). The number of rotatable bonds is 4. The molecule has 1 aromatic rings. The Morgan fingerprint density at radius 1 is 1.50 bits per heavy atom. The third-order valence-electron chi connectivity index (χ3n) is 2.14. The first kappa shape index (κ1) is 13.9. The third kappa shape index (κ3) is 3.17. The molecule has 18 heavy (non-hydrogen) atoms. The number of halogens is 2. The fourth-order valence-electron chi connectivity index (χ4n) is 1.44. The molecule has 0 atom stereocenters. The van der Waals surface area contributed by atoms with E-state index in [1.54, 1.807) is 6.92 Å². The van der Waals surface area contributed by atoms with E-state index in [0.29, 0.717) is 5.56 Å². The summed E-state index contributed by atoms with van der Waals surface area (Å²) in [6, 6.07) is 4.19. The van der Waals surface area contributed by atoms with E-state index in [4.69, 9.17) is 10.00 Å². The molecule has 0 radical (unpaired) electrons. The second-order valence-electron chi connectivity index (χ2n) is 3.37. The second-order valence-corrected chi connectivity index (χ2v) is 3.37. The lowest BCUT2D eigenvalue weighted by Crippen LogP contribution is -2.10. The van der Waals surface area contributed by atoms with Crippen molar-refractivity contribution in [1.82, 2.24) is 0 Å². The maximum Gasteiger partial charge on any atom is 0.387 e. The predicted octanol–water partition coefficient (Wildman–Crippen LogP) is 2.64. The summed E-state index contributed by atoms with van der Waals surface area (Å²) in [6.45, 7) is 0.269. The van der Waals surface area contributed by atoms with Crippen molar-refractivity contribution in [2.75, 3.05) is 6.61 Å². The zero-order valence-corrected chi connectivity index (χ0v) is 9.87. The maximum absolute atomic E-state index is 12.1. The lowest BCUT2D eigenvalue weighted by Gasteiger charge is -2.10. The number of ether oxygens (including phenoxy) is 2. The van der Waals surface area contributed by atoms with Gasteiger partial charge in [0, 0.05) is 0 Å². The first-order valence-corrected chi connectivity index (χ1v) is 5.16. The molecule has 0 N–H and O–H groups in total. The molecule has 0 aliphatic heterocycles. The monoisotopic (exact) mass is 255 g/mol. The van der Waals surface area contributed by atoms with Gasteiger partial charge in [-0.2, -0.15) is 14.0 Å². The average molecular weight is 255 g/mol. The zero-order chi connectivity index (χ0) is 13.7. The molecule has 4 nitrogen and oxygen atoms in total. The zero-order valence-electron chi connectivity index (χ0n) is 9.87. The van der Waals surface area contributed by atoms with Crippen LogP contribution in [0, 0.1) is 18.3 Å². The molecule has 96 valence electrons. The summed E-state index contributed by atoms with van der Waals surface area (Å²) in [4.78, 5) is 11.6. The summed E-state index contributed by atoms with van der Waals surface area (Å²) in [7, 11) is 0. The minimum absolute atomic E-state index is 0.0741. The molecule has 0 saturated carbocycles. The van der Waals surface area contributed by atoms with Crippen molar-refractivity contribution in [3.05, 3.63) is 28.8 Å². The van der Waals surface area contributed by atoms with Gasteiger partial charge < -0.3 is 9.47 Å². The van der Waals surface area contributed by atoms with Crippen LogP contribution in [0.4, 0.5) is 8.78 Å². The number of carbonyl (C=O) groups excluding carboxylic acids is 1. The quantitative estimate of drug-likeness (QED) is 0.776. The van der Waals surface area contributed by atoms with E-state index >= 15 is 0 Å². The number of nitrogens with zero attached hydrogens (tertiary/aromatic N) is 1. The van der Waals surface area contributed by atoms with Crippen LogP contribution in [-0.4, -0.2) is 19.2 Å². The predicted molar refractivity (Wildman–Crippen MR) is 58.5 cm³/mol. The number of carbonyl (C=O) groups is 1. The minimum Gasteiger partial charge on any atom is -0.462 e. The van der Waals surface area contributed by atoms with Gasteiger partial charge in [-0.1, -0.05) is 0 Å². The average Bonchev–Trinajstić information content (AvgIpc) is 2.27. The Kier molecular flexibility index (Phi) is 4.60. The summed E-state index contributed by atoms with van der Waals surface area (Å²) in [6.07, 6.45) is 0. The van der Waals surface area contributed by atoms with Gasteiger partial charge in [-0.15, -0.1) is 0 Å². The van der Waals surface area contributed by atoms with Gasteiger partial charge in [0.25, 0.3) is 0 Å². The summed E-state index contributed by atoms with van der Waals surface area (Å²) in [5.74, 6) is -0.915. The van der Waals surface area contributed by atoms with Gasteiger partial charge in [0.1, 0.15) is 11.8 Å². The lowest BCUT2D eigenvalue weighted by molar-refractivity contribution is -0.0499. The van der Waals surface area contributed by atoms with Crippen molar-refractivity contribution >= 4 is 5.97 Å². The smallest absolute Gasteiger partial charge is 0.387 e. The Hall–Kier alpha value is -2.16. The fourth-order valence-corrected chi connectivity index (χ4v) is 1.44. The topological polar surface area (TPSA) is 59.3 Å². The molecule has 0 heterocycles. The first-order valence-electron chi connectivity index (χ1n) is 5.16. The normalized spacial score (nSPS) is 10.0. The molecule has 0 unspecified atom stereocenters. The molecule has 0 bridgehead atoms. The van der Waals surface area contributed by atoms with E-state index < -0.39 is 12.6 Å². The van der Waals surface area contributed by atoms with E-state index in [0.717, 1.165) is 6.07 Å². The Morgan fingerprint density at radius 2 is 2.17 bits per heavy atom.